The molecule has 0 bridgehead atoms. The fourth-order valence-electron chi connectivity index (χ4n) is 3.41. The molecule has 0 N–H and O–H groups in total. The molecule has 0 amide bonds. The molecule has 0 aliphatic rings. The van der Waals surface area contributed by atoms with Crippen molar-refractivity contribution in [1.29, 1.82) is 0 Å². The van der Waals surface area contributed by atoms with E-state index in [1.54, 1.807) is 0 Å². The number of carbonyl (C=O) groups excluding carboxylic acids is 2. The molecular formula is C26H50CuO4. The number of hydrogen-bond acceptors (Lipinski definition) is 4. The van der Waals surface area contributed by atoms with E-state index in [1.807, 2.05) is 0 Å². The number of hydrogen-bond donors (Lipinski definition) is 0. The Hall–Kier alpha value is -0.541. The molecule has 31 heavy (non-hydrogen) atoms. The van der Waals surface area contributed by atoms with Gasteiger partial charge in [0.15, 0.2) is 0 Å². The zero-order valence-electron chi connectivity index (χ0n) is 20.8. The van der Waals surface area contributed by atoms with Crippen LogP contribution in [0.5, 0.6) is 0 Å². The maximum absolute atomic E-state index is 10.1. The molecule has 4 nitrogen and oxygen atoms in total. The monoisotopic (exact) mass is 489 g/mol. The number of carboxylic acids is 2. The van der Waals surface area contributed by atoms with Gasteiger partial charge in [-0.05, 0) is 37.5 Å². The maximum atomic E-state index is 10.1. The van der Waals surface area contributed by atoms with Crippen molar-refractivity contribution in [1.82, 2.24) is 0 Å². The molecule has 0 saturated heterocycles. The molecule has 0 aliphatic heterocycles. The minimum Gasteiger partial charge on any atom is -0.550 e. The van der Waals surface area contributed by atoms with Crippen LogP contribution < -0.4 is 10.2 Å². The van der Waals surface area contributed by atoms with Crippen molar-refractivity contribution >= 4 is 11.9 Å². The quantitative estimate of drug-likeness (QED) is 0.160. The van der Waals surface area contributed by atoms with Crippen LogP contribution in [0.25, 0.3) is 0 Å². The molecular weight excluding hydrogens is 440 g/mol. The SMILES string of the molecule is CC(C)CCCCCCCCCC(=O)[O-].CC(C)CCCCCCCCCC(=O)[O-].[Cu+2]. The van der Waals surface area contributed by atoms with Crippen molar-refractivity contribution in [3.63, 3.8) is 0 Å². The summed E-state index contributed by atoms with van der Waals surface area (Å²) in [7, 11) is 0. The van der Waals surface area contributed by atoms with E-state index in [9.17, 15) is 19.8 Å². The topological polar surface area (TPSA) is 80.3 Å². The van der Waals surface area contributed by atoms with Crippen molar-refractivity contribution in [2.75, 3.05) is 0 Å². The molecule has 1 radical (unpaired) electrons. The average molecular weight is 490 g/mol. The number of unbranched alkanes of at least 4 members (excludes halogenated alkanes) is 12. The van der Waals surface area contributed by atoms with Crippen LogP contribution in [0.2, 0.25) is 0 Å². The second-order valence-corrected chi connectivity index (χ2v) is 9.56. The molecule has 0 aliphatic carbocycles. The zero-order chi connectivity index (χ0) is 23.0. The first-order valence-corrected chi connectivity index (χ1v) is 12.6. The number of carbonyl (C=O) groups is 2. The first-order valence-electron chi connectivity index (χ1n) is 12.6. The summed E-state index contributed by atoms with van der Waals surface area (Å²) in [5.74, 6) is -0.167. The van der Waals surface area contributed by atoms with E-state index < -0.39 is 11.9 Å². The summed E-state index contributed by atoms with van der Waals surface area (Å²) < 4.78 is 0. The maximum Gasteiger partial charge on any atom is 2.00 e. The summed E-state index contributed by atoms with van der Waals surface area (Å²) in [5, 5.41) is 20.3. The van der Waals surface area contributed by atoms with Gasteiger partial charge in [0.2, 0.25) is 0 Å². The molecule has 0 aromatic rings. The molecule has 0 heterocycles. The molecule has 0 spiro atoms. The molecule has 189 valence electrons. The van der Waals surface area contributed by atoms with Crippen molar-refractivity contribution in [2.45, 2.75) is 143 Å². The summed E-state index contributed by atoms with van der Waals surface area (Å²) in [6.07, 6.45) is 19.6. The zero-order valence-corrected chi connectivity index (χ0v) is 21.8. The van der Waals surface area contributed by atoms with E-state index in [2.05, 4.69) is 27.7 Å². The van der Waals surface area contributed by atoms with E-state index in [1.165, 1.54) is 77.0 Å². The van der Waals surface area contributed by atoms with E-state index in [0.717, 1.165) is 37.5 Å². The Morgan fingerprint density at radius 2 is 0.710 bits per heavy atom. The fourth-order valence-corrected chi connectivity index (χ4v) is 3.41. The van der Waals surface area contributed by atoms with E-state index in [-0.39, 0.29) is 29.9 Å². The Bertz CT molecular complexity index is 348. The molecule has 0 fully saturated rings. The molecule has 0 aromatic carbocycles. The summed E-state index contributed by atoms with van der Waals surface area (Å²) in [4.78, 5) is 20.3. The van der Waals surface area contributed by atoms with Crippen molar-refractivity contribution in [2.24, 2.45) is 11.8 Å². The summed E-state index contributed by atoms with van der Waals surface area (Å²) >= 11 is 0. The minimum atomic E-state index is -0.910. The van der Waals surface area contributed by atoms with Crippen LogP contribution in [0, 0.1) is 11.8 Å². The van der Waals surface area contributed by atoms with E-state index in [4.69, 9.17) is 0 Å². The van der Waals surface area contributed by atoms with Crippen LogP contribution in [0.15, 0.2) is 0 Å². The second-order valence-electron chi connectivity index (χ2n) is 9.56. The minimum absolute atomic E-state index is 0. The van der Waals surface area contributed by atoms with Gasteiger partial charge >= 0.3 is 17.1 Å². The molecule has 0 aromatic heterocycles. The summed E-state index contributed by atoms with van der Waals surface area (Å²) in [6, 6.07) is 0. The third kappa shape index (κ3) is 40.4. The Kier molecular flexibility index (Phi) is 31.1. The predicted octanol–water partition coefficient (Wildman–Crippen LogP) is 5.80. The number of aliphatic carboxylic acids is 2. The first-order chi connectivity index (χ1) is 14.3. The van der Waals surface area contributed by atoms with Crippen LogP contribution in [0.4, 0.5) is 0 Å². The normalized spacial score (nSPS) is 10.5. The molecule has 0 atom stereocenters. The van der Waals surface area contributed by atoms with Gasteiger partial charge in [-0.1, -0.05) is 118 Å². The van der Waals surface area contributed by atoms with Gasteiger partial charge in [0.25, 0.3) is 0 Å². The van der Waals surface area contributed by atoms with Gasteiger partial charge in [0.1, 0.15) is 0 Å². The van der Waals surface area contributed by atoms with Crippen LogP contribution in [0.1, 0.15) is 143 Å². The van der Waals surface area contributed by atoms with E-state index in [0.29, 0.717) is 0 Å². The molecule has 0 saturated carbocycles. The van der Waals surface area contributed by atoms with Gasteiger partial charge in [0.05, 0.1) is 0 Å². The third-order valence-electron chi connectivity index (χ3n) is 5.32. The summed E-state index contributed by atoms with van der Waals surface area (Å²) in [5.41, 5.74) is 0. The van der Waals surface area contributed by atoms with Crippen LogP contribution >= 0.6 is 0 Å². The van der Waals surface area contributed by atoms with Gasteiger partial charge in [-0.2, -0.15) is 0 Å². The Labute approximate surface area is 203 Å². The Morgan fingerprint density at radius 3 is 0.935 bits per heavy atom. The predicted molar refractivity (Wildman–Crippen MR) is 123 cm³/mol. The van der Waals surface area contributed by atoms with Crippen molar-refractivity contribution in [3.8, 4) is 0 Å². The third-order valence-corrected chi connectivity index (χ3v) is 5.32. The Morgan fingerprint density at radius 1 is 0.484 bits per heavy atom. The van der Waals surface area contributed by atoms with Crippen molar-refractivity contribution < 1.29 is 36.9 Å². The standard InChI is InChI=1S/2C13H26O2.Cu/c2*1-12(2)10-8-6-4-3-5-7-9-11-13(14)15;/h2*12H,3-11H2,1-2H3,(H,14,15);/q;;+2/p-2. The first kappa shape index (κ1) is 35.1. The average Bonchev–Trinajstić information content (AvgIpc) is 2.65. The van der Waals surface area contributed by atoms with Gasteiger partial charge in [0, 0.05) is 11.9 Å². The van der Waals surface area contributed by atoms with Crippen LogP contribution in [-0.2, 0) is 26.7 Å². The van der Waals surface area contributed by atoms with Gasteiger partial charge < -0.3 is 19.8 Å². The van der Waals surface area contributed by atoms with Crippen LogP contribution in [0.3, 0.4) is 0 Å². The second kappa shape index (κ2) is 27.5. The van der Waals surface area contributed by atoms with Gasteiger partial charge in [-0.25, -0.2) is 0 Å². The largest absolute Gasteiger partial charge is 2.00 e. The van der Waals surface area contributed by atoms with Gasteiger partial charge in [-0.15, -0.1) is 0 Å². The van der Waals surface area contributed by atoms with E-state index >= 15 is 0 Å². The number of rotatable bonds is 20. The Balaban J connectivity index is -0.000000490. The molecule has 0 unspecified atom stereocenters. The van der Waals surface area contributed by atoms with Gasteiger partial charge in [-0.3, -0.25) is 0 Å². The molecule has 0 rings (SSSR count). The number of carboxylic acid groups (broad SMARTS) is 2. The smallest absolute Gasteiger partial charge is 0.550 e. The van der Waals surface area contributed by atoms with Crippen molar-refractivity contribution in [3.05, 3.63) is 0 Å². The fraction of sp³-hybridized carbons (Fsp3) is 0.923. The summed E-state index contributed by atoms with van der Waals surface area (Å²) in [6.45, 7) is 9.06. The van der Waals surface area contributed by atoms with Crippen LogP contribution in [-0.4, -0.2) is 11.9 Å². The molecule has 5 heteroatoms.